The van der Waals surface area contributed by atoms with Gasteiger partial charge in [0.1, 0.15) is 11.5 Å². The van der Waals surface area contributed by atoms with Gasteiger partial charge >= 0.3 is 0 Å². The highest BCUT2D eigenvalue weighted by atomic mass is 19.1. The van der Waals surface area contributed by atoms with Crippen LogP contribution in [0.25, 0.3) is 11.3 Å². The Morgan fingerprint density at radius 2 is 2.00 bits per heavy atom. The van der Waals surface area contributed by atoms with Gasteiger partial charge < -0.3 is 4.52 Å². The van der Waals surface area contributed by atoms with Crippen molar-refractivity contribution in [3.8, 4) is 11.3 Å². The van der Waals surface area contributed by atoms with E-state index >= 15 is 0 Å². The molecule has 0 aliphatic heterocycles. The van der Waals surface area contributed by atoms with E-state index in [9.17, 15) is 9.18 Å². The van der Waals surface area contributed by atoms with Gasteiger partial charge in [0.2, 0.25) is 5.76 Å². The Balaban J connectivity index is 2.37. The molecule has 0 spiro atoms. The van der Waals surface area contributed by atoms with Crippen LogP contribution >= 0.6 is 0 Å². The van der Waals surface area contributed by atoms with E-state index in [1.54, 1.807) is 12.1 Å². The summed E-state index contributed by atoms with van der Waals surface area (Å²) < 4.78 is 17.5. The zero-order chi connectivity index (χ0) is 10.8. The summed E-state index contributed by atoms with van der Waals surface area (Å²) in [6, 6.07) is 7.36. The molecule has 0 fully saturated rings. The van der Waals surface area contributed by atoms with Crippen LogP contribution in [-0.4, -0.2) is 10.9 Å². The third-order valence-electron chi connectivity index (χ3n) is 2.00. The van der Waals surface area contributed by atoms with E-state index in [4.69, 9.17) is 4.52 Å². The molecule has 0 unspecified atom stereocenters. The fraction of sp³-hybridized carbons (Fsp3) is 0.0909. The molecule has 0 amide bonds. The molecule has 2 aromatic rings. The van der Waals surface area contributed by atoms with Gasteiger partial charge in [0.15, 0.2) is 5.78 Å². The second-order valence-corrected chi connectivity index (χ2v) is 3.14. The highest BCUT2D eigenvalue weighted by molar-refractivity contribution is 5.92. The summed E-state index contributed by atoms with van der Waals surface area (Å²) >= 11 is 0. The van der Waals surface area contributed by atoms with Crippen LogP contribution in [0.4, 0.5) is 4.39 Å². The minimum Gasteiger partial charge on any atom is -0.353 e. The molecule has 0 N–H and O–H groups in total. The molecular weight excluding hydrogens is 197 g/mol. The van der Waals surface area contributed by atoms with Crippen molar-refractivity contribution in [3.05, 3.63) is 41.9 Å². The van der Waals surface area contributed by atoms with Gasteiger partial charge in [-0.15, -0.1) is 0 Å². The number of carbonyl (C=O) groups is 1. The van der Waals surface area contributed by atoms with Crippen molar-refractivity contribution in [1.29, 1.82) is 0 Å². The van der Waals surface area contributed by atoms with E-state index in [-0.39, 0.29) is 17.4 Å². The zero-order valence-corrected chi connectivity index (χ0v) is 8.03. The maximum atomic E-state index is 12.6. The van der Waals surface area contributed by atoms with Gasteiger partial charge in [-0.1, -0.05) is 5.16 Å². The number of ketones is 1. The van der Waals surface area contributed by atoms with Gasteiger partial charge in [-0.05, 0) is 24.3 Å². The minimum absolute atomic E-state index is 0.184. The molecular formula is C11H8FNO2. The van der Waals surface area contributed by atoms with Crippen molar-refractivity contribution >= 4 is 5.78 Å². The first-order valence-corrected chi connectivity index (χ1v) is 4.40. The van der Waals surface area contributed by atoms with Gasteiger partial charge in [-0.2, -0.15) is 0 Å². The lowest BCUT2D eigenvalue weighted by atomic mass is 10.1. The van der Waals surface area contributed by atoms with E-state index in [0.29, 0.717) is 11.3 Å². The molecule has 76 valence electrons. The second kappa shape index (κ2) is 3.65. The molecule has 3 nitrogen and oxygen atoms in total. The Labute approximate surface area is 85.5 Å². The smallest absolute Gasteiger partial charge is 0.202 e. The van der Waals surface area contributed by atoms with Crippen LogP contribution in [0.15, 0.2) is 34.9 Å². The molecule has 4 heteroatoms. The first-order chi connectivity index (χ1) is 7.16. The molecule has 0 radical (unpaired) electrons. The van der Waals surface area contributed by atoms with Crippen molar-refractivity contribution in [2.45, 2.75) is 6.92 Å². The van der Waals surface area contributed by atoms with Crippen molar-refractivity contribution in [2.24, 2.45) is 0 Å². The van der Waals surface area contributed by atoms with Crippen molar-refractivity contribution in [1.82, 2.24) is 5.16 Å². The number of hydrogen-bond donors (Lipinski definition) is 0. The van der Waals surface area contributed by atoms with Crippen LogP contribution in [-0.2, 0) is 0 Å². The lowest BCUT2D eigenvalue weighted by Gasteiger charge is -1.93. The number of halogens is 1. The van der Waals surface area contributed by atoms with Gasteiger partial charge in [0.25, 0.3) is 0 Å². The Bertz CT molecular complexity index is 488. The second-order valence-electron chi connectivity index (χ2n) is 3.14. The third kappa shape index (κ3) is 1.93. The Morgan fingerprint density at radius 3 is 2.53 bits per heavy atom. The molecule has 1 heterocycles. The summed E-state index contributed by atoms with van der Waals surface area (Å²) in [5.74, 6) is -0.292. The summed E-state index contributed by atoms with van der Waals surface area (Å²) in [5, 5.41) is 3.72. The molecule has 15 heavy (non-hydrogen) atoms. The van der Waals surface area contributed by atoms with E-state index in [1.165, 1.54) is 25.1 Å². The molecule has 0 aliphatic carbocycles. The topological polar surface area (TPSA) is 43.1 Å². The molecule has 1 aromatic heterocycles. The van der Waals surface area contributed by atoms with Crippen LogP contribution in [0, 0.1) is 5.82 Å². The lowest BCUT2D eigenvalue weighted by Crippen LogP contribution is -1.86. The summed E-state index contributed by atoms with van der Waals surface area (Å²) in [6.45, 7) is 1.40. The van der Waals surface area contributed by atoms with E-state index in [0.717, 1.165) is 0 Å². The Kier molecular flexibility index (Phi) is 2.33. The maximum Gasteiger partial charge on any atom is 0.202 e. The lowest BCUT2D eigenvalue weighted by molar-refractivity contribution is 0.0978. The quantitative estimate of drug-likeness (QED) is 0.708. The first-order valence-electron chi connectivity index (χ1n) is 4.40. The summed E-state index contributed by atoms with van der Waals surface area (Å²) in [5.41, 5.74) is 1.24. The van der Waals surface area contributed by atoms with Crippen LogP contribution in [0.1, 0.15) is 17.5 Å². The number of rotatable bonds is 2. The number of hydrogen-bond acceptors (Lipinski definition) is 3. The molecule has 1 aromatic carbocycles. The Morgan fingerprint density at radius 1 is 1.33 bits per heavy atom. The molecule has 0 aliphatic rings. The summed E-state index contributed by atoms with van der Waals surface area (Å²) in [4.78, 5) is 11.0. The fourth-order valence-electron chi connectivity index (χ4n) is 1.20. The summed E-state index contributed by atoms with van der Waals surface area (Å²) in [7, 11) is 0. The van der Waals surface area contributed by atoms with Crippen molar-refractivity contribution in [2.75, 3.05) is 0 Å². The molecule has 0 atom stereocenters. The van der Waals surface area contributed by atoms with Crippen molar-refractivity contribution in [3.63, 3.8) is 0 Å². The largest absolute Gasteiger partial charge is 0.353 e. The van der Waals surface area contributed by atoms with Crippen LogP contribution in [0.2, 0.25) is 0 Å². The van der Waals surface area contributed by atoms with Crippen LogP contribution in [0.3, 0.4) is 0 Å². The third-order valence-corrected chi connectivity index (χ3v) is 2.00. The van der Waals surface area contributed by atoms with Gasteiger partial charge in [-0.3, -0.25) is 4.79 Å². The SMILES string of the molecule is CC(=O)c1cc(-c2ccc(F)cc2)no1. The summed E-state index contributed by atoms with van der Waals surface area (Å²) in [6.07, 6.45) is 0. The number of aromatic nitrogens is 1. The normalized spacial score (nSPS) is 10.3. The van der Waals surface area contributed by atoms with Gasteiger partial charge in [-0.25, -0.2) is 4.39 Å². The molecule has 0 bridgehead atoms. The number of carbonyl (C=O) groups excluding carboxylic acids is 1. The van der Waals surface area contributed by atoms with E-state index in [1.807, 2.05) is 0 Å². The number of Topliss-reactive ketones (excluding diaryl/α,β-unsaturated/α-hetero) is 1. The van der Waals surface area contributed by atoms with Gasteiger partial charge in [0, 0.05) is 18.6 Å². The predicted octanol–water partition coefficient (Wildman–Crippen LogP) is 2.68. The fourth-order valence-corrected chi connectivity index (χ4v) is 1.20. The monoisotopic (exact) mass is 205 g/mol. The van der Waals surface area contributed by atoms with Crippen LogP contribution < -0.4 is 0 Å². The van der Waals surface area contributed by atoms with Gasteiger partial charge in [0.05, 0.1) is 0 Å². The first kappa shape index (κ1) is 9.58. The molecule has 0 saturated carbocycles. The van der Waals surface area contributed by atoms with Crippen molar-refractivity contribution < 1.29 is 13.7 Å². The molecule has 0 saturated heterocycles. The Hall–Kier alpha value is -1.97. The average Bonchev–Trinajstić information content (AvgIpc) is 2.68. The highest BCUT2D eigenvalue weighted by Crippen LogP contribution is 2.19. The van der Waals surface area contributed by atoms with E-state index in [2.05, 4.69) is 5.16 Å². The number of benzene rings is 1. The number of nitrogens with zero attached hydrogens (tertiary/aromatic N) is 1. The van der Waals surface area contributed by atoms with Crippen LogP contribution in [0.5, 0.6) is 0 Å². The zero-order valence-electron chi connectivity index (χ0n) is 8.03. The predicted molar refractivity (Wildman–Crippen MR) is 51.9 cm³/mol. The minimum atomic E-state index is -0.311. The average molecular weight is 205 g/mol. The standard InChI is InChI=1S/C11H8FNO2/c1-7(14)11-6-10(13-15-11)8-2-4-9(12)5-3-8/h2-6H,1H3. The highest BCUT2D eigenvalue weighted by Gasteiger charge is 2.09. The van der Waals surface area contributed by atoms with E-state index < -0.39 is 0 Å². The maximum absolute atomic E-state index is 12.6. The molecule has 2 rings (SSSR count).